The molecule has 1 aromatic carbocycles. The second-order valence-corrected chi connectivity index (χ2v) is 8.77. The Balaban J connectivity index is 2.61. The van der Waals surface area contributed by atoms with Gasteiger partial charge in [0.2, 0.25) is 0 Å². The van der Waals surface area contributed by atoms with Gasteiger partial charge < -0.3 is 19.5 Å². The highest BCUT2D eigenvalue weighted by molar-refractivity contribution is 5.81. The van der Waals surface area contributed by atoms with Crippen molar-refractivity contribution in [3.8, 4) is 0 Å². The van der Waals surface area contributed by atoms with Crippen LogP contribution in [0, 0.1) is 0 Å². The molecule has 0 radical (unpaired) electrons. The Kier molecular flexibility index (Phi) is 9.14. The third-order valence-corrected chi connectivity index (χ3v) is 3.49. The first kappa shape index (κ1) is 24.5. The van der Waals surface area contributed by atoms with Crippen LogP contribution in [0.4, 0.5) is 4.79 Å². The predicted molar refractivity (Wildman–Crippen MR) is 109 cm³/mol. The van der Waals surface area contributed by atoms with E-state index in [1.165, 1.54) is 0 Å². The third kappa shape index (κ3) is 11.8. The number of hydrogen-bond acceptors (Lipinski definition) is 6. The number of benzene rings is 1. The van der Waals surface area contributed by atoms with Crippen molar-refractivity contribution in [2.24, 2.45) is 0 Å². The quantitative estimate of drug-likeness (QED) is 0.514. The second-order valence-electron chi connectivity index (χ2n) is 8.77. The molecule has 0 heterocycles. The largest absolute Gasteiger partial charge is 0.460 e. The zero-order valence-electron chi connectivity index (χ0n) is 18.2. The number of rotatable bonds is 8. The Morgan fingerprint density at radius 3 is 2.07 bits per heavy atom. The van der Waals surface area contributed by atoms with Gasteiger partial charge in [-0.05, 0) is 59.9 Å². The van der Waals surface area contributed by atoms with Gasteiger partial charge >= 0.3 is 18.0 Å². The maximum Gasteiger partial charge on any atom is 0.408 e. The molecule has 0 aliphatic heterocycles. The lowest BCUT2D eigenvalue weighted by molar-refractivity contribution is -0.159. The lowest BCUT2D eigenvalue weighted by atomic mass is 10.1. The zero-order valence-corrected chi connectivity index (χ0v) is 18.2. The fourth-order valence-corrected chi connectivity index (χ4v) is 2.37. The Labute approximate surface area is 173 Å². The highest BCUT2D eigenvalue weighted by Crippen LogP contribution is 2.14. The molecule has 0 fully saturated rings. The average Bonchev–Trinajstić information content (AvgIpc) is 2.57. The Morgan fingerprint density at radius 1 is 0.931 bits per heavy atom. The maximum absolute atomic E-state index is 12.5. The second kappa shape index (κ2) is 10.8. The van der Waals surface area contributed by atoms with E-state index in [1.54, 1.807) is 41.5 Å². The van der Waals surface area contributed by atoms with E-state index in [0.29, 0.717) is 6.42 Å². The number of ether oxygens (including phenoxy) is 3. The number of nitrogens with one attached hydrogen (secondary N) is 1. The van der Waals surface area contributed by atoms with Crippen LogP contribution in [0.3, 0.4) is 0 Å². The number of esters is 2. The molecule has 0 aliphatic rings. The first-order valence-corrected chi connectivity index (χ1v) is 9.78. The van der Waals surface area contributed by atoms with Crippen LogP contribution in [0.15, 0.2) is 30.3 Å². The van der Waals surface area contributed by atoms with Crippen LogP contribution in [0.2, 0.25) is 0 Å². The normalized spacial score (nSPS) is 12.6. The molecule has 1 amide bonds. The minimum Gasteiger partial charge on any atom is -0.460 e. The van der Waals surface area contributed by atoms with E-state index in [9.17, 15) is 14.4 Å². The summed E-state index contributed by atoms with van der Waals surface area (Å²) in [6, 6.07) is 8.30. The lowest BCUT2D eigenvalue weighted by Gasteiger charge is -2.24. The summed E-state index contributed by atoms with van der Waals surface area (Å²) in [6.45, 7) is 10.7. The summed E-state index contributed by atoms with van der Waals surface area (Å²) >= 11 is 0. The summed E-state index contributed by atoms with van der Waals surface area (Å²) in [7, 11) is 0. The van der Waals surface area contributed by atoms with Crippen LogP contribution < -0.4 is 5.32 Å². The fraction of sp³-hybridized carbons (Fsp3) is 0.591. The van der Waals surface area contributed by atoms with Gasteiger partial charge in [-0.3, -0.25) is 4.79 Å². The minimum absolute atomic E-state index is 0.0889. The Hall–Kier alpha value is -2.57. The zero-order chi connectivity index (χ0) is 22.1. The minimum atomic E-state index is -0.917. The van der Waals surface area contributed by atoms with E-state index >= 15 is 0 Å². The molecule has 162 valence electrons. The molecule has 7 nitrogen and oxygen atoms in total. The molecule has 0 bridgehead atoms. The van der Waals surface area contributed by atoms with Crippen LogP contribution in [0.1, 0.15) is 66.4 Å². The summed E-state index contributed by atoms with van der Waals surface area (Å²) < 4.78 is 15.8. The van der Waals surface area contributed by atoms with Gasteiger partial charge in [0.15, 0.2) is 0 Å². The van der Waals surface area contributed by atoms with Gasteiger partial charge in [0.05, 0.1) is 0 Å². The van der Waals surface area contributed by atoms with Gasteiger partial charge in [-0.1, -0.05) is 30.3 Å². The number of carbonyl (C=O) groups excluding carboxylic acids is 3. The highest BCUT2D eigenvalue weighted by Gasteiger charge is 2.27. The standard InChI is InChI=1S/C22H33NO6/c1-21(2,3)28-18(24)14-10-13-17(19(25)29-22(4,5)6)23-20(26)27-15-16-11-8-7-9-12-16/h7-9,11-12,17H,10,13-15H2,1-6H3,(H,23,26). The number of alkyl carbamates (subject to hydrolysis) is 1. The van der Waals surface area contributed by atoms with Crippen molar-refractivity contribution in [3.05, 3.63) is 35.9 Å². The third-order valence-electron chi connectivity index (χ3n) is 3.49. The van der Waals surface area contributed by atoms with E-state index < -0.39 is 29.3 Å². The molecule has 0 aromatic heterocycles. The van der Waals surface area contributed by atoms with Crippen molar-refractivity contribution in [2.45, 2.75) is 84.7 Å². The molecule has 0 spiro atoms. The maximum atomic E-state index is 12.5. The van der Waals surface area contributed by atoms with Crippen molar-refractivity contribution in [2.75, 3.05) is 0 Å². The lowest BCUT2D eigenvalue weighted by Crippen LogP contribution is -2.44. The molecule has 0 aliphatic carbocycles. The monoisotopic (exact) mass is 407 g/mol. The smallest absolute Gasteiger partial charge is 0.408 e. The van der Waals surface area contributed by atoms with Crippen molar-refractivity contribution >= 4 is 18.0 Å². The topological polar surface area (TPSA) is 90.9 Å². The first-order valence-electron chi connectivity index (χ1n) is 9.78. The van der Waals surface area contributed by atoms with Gasteiger partial charge in [-0.25, -0.2) is 9.59 Å². The van der Waals surface area contributed by atoms with Crippen LogP contribution in [0.5, 0.6) is 0 Å². The van der Waals surface area contributed by atoms with Crippen molar-refractivity contribution < 1.29 is 28.6 Å². The molecule has 1 rings (SSSR count). The first-order chi connectivity index (χ1) is 13.4. The predicted octanol–water partition coefficient (Wildman–Crippen LogP) is 4.14. The highest BCUT2D eigenvalue weighted by atomic mass is 16.6. The molecule has 1 unspecified atom stereocenters. The molecular formula is C22H33NO6. The van der Waals surface area contributed by atoms with Gasteiger partial charge in [0, 0.05) is 6.42 Å². The molecule has 7 heteroatoms. The van der Waals surface area contributed by atoms with Gasteiger partial charge in [0.1, 0.15) is 23.9 Å². The van der Waals surface area contributed by atoms with E-state index in [-0.39, 0.29) is 25.4 Å². The molecule has 29 heavy (non-hydrogen) atoms. The molecule has 1 aromatic rings. The van der Waals surface area contributed by atoms with Gasteiger partial charge in [-0.15, -0.1) is 0 Å². The molecule has 1 N–H and O–H groups in total. The molecule has 0 saturated heterocycles. The van der Waals surface area contributed by atoms with E-state index in [4.69, 9.17) is 14.2 Å². The van der Waals surface area contributed by atoms with Crippen molar-refractivity contribution in [1.82, 2.24) is 5.32 Å². The summed E-state index contributed by atoms with van der Waals surface area (Å²) in [5.41, 5.74) is -0.432. The van der Waals surface area contributed by atoms with Crippen LogP contribution in [-0.4, -0.2) is 35.3 Å². The van der Waals surface area contributed by atoms with Crippen molar-refractivity contribution in [3.63, 3.8) is 0 Å². The van der Waals surface area contributed by atoms with Gasteiger partial charge in [0.25, 0.3) is 0 Å². The van der Waals surface area contributed by atoms with Crippen LogP contribution in [-0.2, 0) is 30.4 Å². The Bertz CT molecular complexity index is 673. The number of carbonyl (C=O) groups is 3. The van der Waals surface area contributed by atoms with E-state index in [1.807, 2.05) is 30.3 Å². The number of amides is 1. The summed E-state index contributed by atoms with van der Waals surface area (Å²) in [4.78, 5) is 36.5. The summed E-state index contributed by atoms with van der Waals surface area (Å²) in [5, 5.41) is 2.54. The van der Waals surface area contributed by atoms with E-state index in [0.717, 1.165) is 5.56 Å². The van der Waals surface area contributed by atoms with Crippen LogP contribution in [0.25, 0.3) is 0 Å². The Morgan fingerprint density at radius 2 is 1.52 bits per heavy atom. The van der Waals surface area contributed by atoms with Crippen LogP contribution >= 0.6 is 0 Å². The fourth-order valence-electron chi connectivity index (χ4n) is 2.37. The summed E-state index contributed by atoms with van der Waals surface area (Å²) in [6.07, 6.45) is 0.00550. The molecular weight excluding hydrogens is 374 g/mol. The SMILES string of the molecule is CC(C)(C)OC(=O)CCCC(NC(=O)OCc1ccccc1)C(=O)OC(C)(C)C. The summed E-state index contributed by atoms with van der Waals surface area (Å²) in [5.74, 6) is -0.926. The van der Waals surface area contributed by atoms with Gasteiger partial charge in [-0.2, -0.15) is 0 Å². The van der Waals surface area contributed by atoms with E-state index in [2.05, 4.69) is 5.32 Å². The molecule has 0 saturated carbocycles. The number of hydrogen-bond donors (Lipinski definition) is 1. The average molecular weight is 408 g/mol. The molecule has 1 atom stereocenters. The van der Waals surface area contributed by atoms with Crippen molar-refractivity contribution in [1.29, 1.82) is 0 Å².